The van der Waals surface area contributed by atoms with Gasteiger partial charge in [0.05, 0.1) is 29.6 Å². The first-order valence-corrected chi connectivity index (χ1v) is 9.47. The van der Waals surface area contributed by atoms with Crippen LogP contribution >= 0.6 is 0 Å². The molecule has 1 saturated heterocycles. The number of aromatic nitrogens is 5. The number of likely N-dealkylation sites (tertiary alicyclic amines) is 1. The summed E-state index contributed by atoms with van der Waals surface area (Å²) in [5.74, 6) is 0.0681. The molecule has 0 atom stereocenters. The van der Waals surface area contributed by atoms with Crippen molar-refractivity contribution in [3.8, 4) is 11.3 Å². The van der Waals surface area contributed by atoms with E-state index in [2.05, 4.69) is 20.3 Å². The SMILES string of the molecule is O=C(c1ccc2nc[nH]c2c1)N1CCC(n2cc(-c3ccccc3)nn2)CC1. The average Bonchev–Trinajstić information content (AvgIpc) is 3.43. The molecule has 1 fully saturated rings. The summed E-state index contributed by atoms with van der Waals surface area (Å²) >= 11 is 0. The average molecular weight is 372 g/mol. The Morgan fingerprint density at radius 3 is 2.71 bits per heavy atom. The number of carbonyl (C=O) groups excluding carboxylic acids is 1. The van der Waals surface area contributed by atoms with Gasteiger partial charge in [0.2, 0.25) is 0 Å². The number of carbonyl (C=O) groups is 1. The van der Waals surface area contributed by atoms with Crippen molar-refractivity contribution in [2.45, 2.75) is 18.9 Å². The number of nitrogens with one attached hydrogen (secondary N) is 1. The molecule has 1 aliphatic rings. The van der Waals surface area contributed by atoms with E-state index < -0.39 is 0 Å². The molecule has 5 rings (SSSR count). The van der Waals surface area contributed by atoms with Gasteiger partial charge in [0, 0.05) is 24.2 Å². The van der Waals surface area contributed by atoms with Crippen molar-refractivity contribution >= 4 is 16.9 Å². The number of H-pyrrole nitrogens is 1. The predicted octanol–water partition coefficient (Wildman–Crippen LogP) is 3.30. The quantitative estimate of drug-likeness (QED) is 0.598. The Bertz CT molecular complexity index is 1110. The van der Waals surface area contributed by atoms with Crippen LogP contribution < -0.4 is 0 Å². The highest BCUT2D eigenvalue weighted by Gasteiger charge is 2.25. The highest BCUT2D eigenvalue weighted by molar-refractivity contribution is 5.97. The summed E-state index contributed by atoms with van der Waals surface area (Å²) in [5.41, 5.74) is 4.40. The summed E-state index contributed by atoms with van der Waals surface area (Å²) in [7, 11) is 0. The van der Waals surface area contributed by atoms with Crippen molar-refractivity contribution in [1.29, 1.82) is 0 Å². The number of benzene rings is 2. The largest absolute Gasteiger partial charge is 0.345 e. The number of piperidine rings is 1. The van der Waals surface area contributed by atoms with Gasteiger partial charge in [0.25, 0.3) is 5.91 Å². The van der Waals surface area contributed by atoms with E-state index in [0.717, 1.165) is 35.1 Å². The van der Waals surface area contributed by atoms with Gasteiger partial charge in [-0.3, -0.25) is 4.79 Å². The van der Waals surface area contributed by atoms with Crippen molar-refractivity contribution in [1.82, 2.24) is 29.9 Å². The van der Waals surface area contributed by atoms with Crippen molar-refractivity contribution in [2.75, 3.05) is 13.1 Å². The molecule has 1 aliphatic heterocycles. The molecular weight excluding hydrogens is 352 g/mol. The fourth-order valence-corrected chi connectivity index (χ4v) is 3.78. The number of hydrogen-bond donors (Lipinski definition) is 1. The van der Waals surface area contributed by atoms with Gasteiger partial charge >= 0.3 is 0 Å². The molecule has 140 valence electrons. The Morgan fingerprint density at radius 2 is 1.89 bits per heavy atom. The summed E-state index contributed by atoms with van der Waals surface area (Å²) in [6, 6.07) is 15.9. The molecule has 0 radical (unpaired) electrons. The van der Waals surface area contributed by atoms with E-state index in [1.54, 1.807) is 6.33 Å². The minimum absolute atomic E-state index is 0.0681. The number of imidazole rings is 1. The molecule has 3 heterocycles. The number of hydrogen-bond acceptors (Lipinski definition) is 4. The van der Waals surface area contributed by atoms with E-state index in [9.17, 15) is 4.79 Å². The van der Waals surface area contributed by atoms with Gasteiger partial charge in [-0.25, -0.2) is 9.67 Å². The minimum atomic E-state index is 0.0681. The molecule has 1 N–H and O–H groups in total. The fraction of sp³-hybridized carbons (Fsp3) is 0.238. The highest BCUT2D eigenvalue weighted by Crippen LogP contribution is 2.25. The second-order valence-corrected chi connectivity index (χ2v) is 7.11. The Labute approximate surface area is 162 Å². The zero-order chi connectivity index (χ0) is 18.9. The van der Waals surface area contributed by atoms with Crippen LogP contribution in [0.1, 0.15) is 29.2 Å². The third-order valence-electron chi connectivity index (χ3n) is 5.37. The van der Waals surface area contributed by atoms with Crippen molar-refractivity contribution in [3.63, 3.8) is 0 Å². The molecule has 0 spiro atoms. The van der Waals surface area contributed by atoms with E-state index in [4.69, 9.17) is 0 Å². The van der Waals surface area contributed by atoms with Gasteiger partial charge in [-0.15, -0.1) is 5.10 Å². The lowest BCUT2D eigenvalue weighted by molar-refractivity contribution is 0.0689. The Morgan fingerprint density at radius 1 is 1.07 bits per heavy atom. The van der Waals surface area contributed by atoms with E-state index in [-0.39, 0.29) is 11.9 Å². The van der Waals surface area contributed by atoms with Crippen LogP contribution in [-0.2, 0) is 0 Å². The molecule has 0 unspecified atom stereocenters. The summed E-state index contributed by atoms with van der Waals surface area (Å²) in [6.45, 7) is 1.43. The highest BCUT2D eigenvalue weighted by atomic mass is 16.2. The molecule has 0 saturated carbocycles. The molecule has 7 heteroatoms. The first-order valence-electron chi connectivity index (χ1n) is 9.47. The topological polar surface area (TPSA) is 79.7 Å². The number of amides is 1. The molecule has 2 aromatic carbocycles. The van der Waals surface area contributed by atoms with Crippen molar-refractivity contribution in [3.05, 3.63) is 66.6 Å². The van der Waals surface area contributed by atoms with Crippen LogP contribution in [0.4, 0.5) is 0 Å². The first-order chi connectivity index (χ1) is 13.8. The Balaban J connectivity index is 1.26. The molecule has 2 aromatic heterocycles. The van der Waals surface area contributed by atoms with Crippen molar-refractivity contribution < 1.29 is 4.79 Å². The monoisotopic (exact) mass is 372 g/mol. The van der Waals surface area contributed by atoms with Crippen LogP contribution in [0.5, 0.6) is 0 Å². The van der Waals surface area contributed by atoms with Crippen LogP contribution in [-0.4, -0.2) is 48.9 Å². The molecule has 0 bridgehead atoms. The maximum atomic E-state index is 12.9. The van der Waals surface area contributed by atoms with Crippen LogP contribution in [0.3, 0.4) is 0 Å². The third-order valence-corrected chi connectivity index (χ3v) is 5.37. The molecular formula is C21H20N6O. The van der Waals surface area contributed by atoms with E-state index in [1.165, 1.54) is 0 Å². The van der Waals surface area contributed by atoms with Crippen LogP contribution in [0.2, 0.25) is 0 Å². The van der Waals surface area contributed by atoms with Gasteiger partial charge in [0.1, 0.15) is 5.69 Å². The predicted molar refractivity (Wildman–Crippen MR) is 106 cm³/mol. The maximum Gasteiger partial charge on any atom is 0.253 e. The minimum Gasteiger partial charge on any atom is -0.345 e. The molecule has 4 aromatic rings. The normalized spacial score (nSPS) is 15.2. The standard InChI is InChI=1S/C21H20N6O/c28-21(16-6-7-18-19(12-16)23-14-22-18)26-10-8-17(9-11-26)27-13-20(24-25-27)15-4-2-1-3-5-15/h1-7,12-14,17H,8-11H2,(H,22,23). The number of rotatable bonds is 3. The summed E-state index contributed by atoms with van der Waals surface area (Å²) < 4.78 is 1.95. The lowest BCUT2D eigenvalue weighted by Crippen LogP contribution is -2.39. The van der Waals surface area contributed by atoms with Crippen molar-refractivity contribution in [2.24, 2.45) is 0 Å². The first kappa shape index (κ1) is 16.7. The maximum absolute atomic E-state index is 12.9. The van der Waals surface area contributed by atoms with Gasteiger partial charge in [-0.1, -0.05) is 35.5 Å². The Kier molecular flexibility index (Phi) is 4.12. The second-order valence-electron chi connectivity index (χ2n) is 7.11. The number of aromatic amines is 1. The van der Waals surface area contributed by atoms with Gasteiger partial charge < -0.3 is 9.88 Å². The zero-order valence-corrected chi connectivity index (χ0v) is 15.3. The fourth-order valence-electron chi connectivity index (χ4n) is 3.78. The van der Waals surface area contributed by atoms with Gasteiger partial charge in [0.15, 0.2) is 0 Å². The second kappa shape index (κ2) is 6.92. The van der Waals surface area contributed by atoms with E-state index in [1.807, 2.05) is 64.3 Å². The molecule has 1 amide bonds. The van der Waals surface area contributed by atoms with Crippen LogP contribution in [0.25, 0.3) is 22.3 Å². The van der Waals surface area contributed by atoms with Gasteiger partial charge in [-0.05, 0) is 31.0 Å². The lowest BCUT2D eigenvalue weighted by atomic mass is 10.0. The number of fused-ring (bicyclic) bond motifs is 1. The third kappa shape index (κ3) is 3.05. The smallest absolute Gasteiger partial charge is 0.253 e. The van der Waals surface area contributed by atoms with Crippen LogP contribution in [0.15, 0.2) is 61.1 Å². The van der Waals surface area contributed by atoms with Crippen LogP contribution in [0, 0.1) is 0 Å². The molecule has 7 nitrogen and oxygen atoms in total. The van der Waals surface area contributed by atoms with E-state index in [0.29, 0.717) is 18.7 Å². The van der Waals surface area contributed by atoms with E-state index >= 15 is 0 Å². The van der Waals surface area contributed by atoms with Gasteiger partial charge in [-0.2, -0.15) is 0 Å². The summed E-state index contributed by atoms with van der Waals surface area (Å²) in [4.78, 5) is 22.0. The Hall–Kier alpha value is -3.48. The lowest BCUT2D eigenvalue weighted by Gasteiger charge is -2.31. The molecule has 0 aliphatic carbocycles. The summed E-state index contributed by atoms with van der Waals surface area (Å²) in [5, 5.41) is 8.63. The zero-order valence-electron chi connectivity index (χ0n) is 15.3. The number of nitrogens with zero attached hydrogens (tertiary/aromatic N) is 5. The molecule has 28 heavy (non-hydrogen) atoms. The summed E-state index contributed by atoms with van der Waals surface area (Å²) in [6.07, 6.45) is 5.39.